The third kappa shape index (κ3) is 3.28. The topological polar surface area (TPSA) is 65.8 Å². The molecule has 6 heteroatoms. The fourth-order valence-corrected chi connectivity index (χ4v) is 2.53. The SMILES string of the molecule is COc1ccc2c(c1OC)C(=O)O[C@@H]2[NH2+]CCC[NH+](C)C. The van der Waals surface area contributed by atoms with Crippen molar-refractivity contribution in [3.63, 3.8) is 0 Å². The quantitative estimate of drug-likeness (QED) is 0.499. The van der Waals surface area contributed by atoms with Gasteiger partial charge in [-0.2, -0.15) is 0 Å². The fourth-order valence-electron chi connectivity index (χ4n) is 2.53. The molecule has 1 atom stereocenters. The van der Waals surface area contributed by atoms with Crippen molar-refractivity contribution in [2.45, 2.75) is 12.6 Å². The van der Waals surface area contributed by atoms with E-state index in [0.29, 0.717) is 17.1 Å². The molecule has 0 amide bonds. The number of hydrogen-bond acceptors (Lipinski definition) is 4. The zero-order valence-electron chi connectivity index (χ0n) is 13.1. The van der Waals surface area contributed by atoms with Crippen molar-refractivity contribution < 1.29 is 29.2 Å². The van der Waals surface area contributed by atoms with E-state index in [-0.39, 0.29) is 12.2 Å². The molecule has 0 saturated heterocycles. The summed E-state index contributed by atoms with van der Waals surface area (Å²) in [6.45, 7) is 2.01. The number of carbonyl (C=O) groups is 1. The van der Waals surface area contributed by atoms with Gasteiger partial charge in [0.25, 0.3) is 6.23 Å². The highest BCUT2D eigenvalue weighted by atomic mass is 16.6. The monoisotopic (exact) mass is 296 g/mol. The van der Waals surface area contributed by atoms with Crippen molar-refractivity contribution in [2.24, 2.45) is 0 Å². The normalized spacial score (nSPS) is 16.8. The van der Waals surface area contributed by atoms with Crippen LogP contribution < -0.4 is 19.7 Å². The molecule has 1 aliphatic rings. The molecule has 1 heterocycles. The number of esters is 1. The van der Waals surface area contributed by atoms with Crippen LogP contribution in [0, 0.1) is 0 Å². The van der Waals surface area contributed by atoms with Crippen LogP contribution in [0.25, 0.3) is 0 Å². The molecular formula is C15H24N2O4+2. The molecule has 1 aromatic rings. The maximum atomic E-state index is 12.1. The van der Waals surface area contributed by atoms with Gasteiger partial charge in [-0.15, -0.1) is 0 Å². The smallest absolute Gasteiger partial charge is 0.347 e. The van der Waals surface area contributed by atoms with E-state index in [2.05, 4.69) is 19.4 Å². The molecule has 0 unspecified atom stereocenters. The minimum absolute atomic E-state index is 0.288. The average Bonchev–Trinajstić information content (AvgIpc) is 2.79. The van der Waals surface area contributed by atoms with Gasteiger partial charge in [-0.05, 0) is 12.1 Å². The van der Waals surface area contributed by atoms with Crippen LogP contribution >= 0.6 is 0 Å². The Kier molecular flexibility index (Phi) is 5.03. The maximum Gasteiger partial charge on any atom is 0.347 e. The summed E-state index contributed by atoms with van der Waals surface area (Å²) in [5.74, 6) is 0.652. The number of nitrogens with one attached hydrogen (secondary N) is 1. The zero-order chi connectivity index (χ0) is 15.4. The lowest BCUT2D eigenvalue weighted by Crippen LogP contribution is -3.06. The van der Waals surface area contributed by atoms with Gasteiger partial charge < -0.3 is 24.4 Å². The first-order chi connectivity index (χ1) is 10.1. The van der Waals surface area contributed by atoms with Crippen LogP contribution in [0.1, 0.15) is 28.6 Å². The van der Waals surface area contributed by atoms with E-state index in [1.165, 1.54) is 12.0 Å². The first-order valence-electron chi connectivity index (χ1n) is 7.16. The second kappa shape index (κ2) is 6.78. The molecule has 0 radical (unpaired) electrons. The fraction of sp³-hybridized carbons (Fsp3) is 0.533. The van der Waals surface area contributed by atoms with Crippen molar-refractivity contribution in [1.82, 2.24) is 0 Å². The molecule has 0 spiro atoms. The van der Waals surface area contributed by atoms with Gasteiger partial charge in [0, 0.05) is 6.42 Å². The van der Waals surface area contributed by atoms with Gasteiger partial charge in [0.2, 0.25) is 0 Å². The summed E-state index contributed by atoms with van der Waals surface area (Å²) in [7, 11) is 7.34. The minimum atomic E-state index is -0.347. The molecule has 0 fully saturated rings. The van der Waals surface area contributed by atoms with E-state index in [1.807, 2.05) is 12.1 Å². The largest absolute Gasteiger partial charge is 0.493 e. The number of methoxy groups -OCH3 is 2. The first kappa shape index (κ1) is 15.6. The molecule has 116 valence electrons. The third-order valence-electron chi connectivity index (χ3n) is 3.58. The standard InChI is InChI=1S/C15H22N2O4/c1-17(2)9-5-8-16-14-10-6-7-11(19-3)13(20-4)12(10)15(18)21-14/h6-7,14,16H,5,8-9H2,1-4H3/p+2/t14-/m0/s1. The Morgan fingerprint density at radius 3 is 2.67 bits per heavy atom. The number of carbonyl (C=O) groups excluding carboxylic acids is 1. The number of nitrogens with two attached hydrogens (primary N) is 1. The summed E-state index contributed by atoms with van der Waals surface area (Å²) in [5, 5.41) is 2.05. The van der Waals surface area contributed by atoms with E-state index in [4.69, 9.17) is 14.2 Å². The second-order valence-electron chi connectivity index (χ2n) is 5.43. The van der Waals surface area contributed by atoms with E-state index in [0.717, 1.165) is 25.1 Å². The number of rotatable bonds is 7. The number of fused-ring (bicyclic) bond motifs is 1. The maximum absolute atomic E-state index is 12.1. The Morgan fingerprint density at radius 2 is 2.05 bits per heavy atom. The number of ether oxygens (including phenoxy) is 3. The van der Waals surface area contributed by atoms with E-state index in [1.54, 1.807) is 7.11 Å². The molecule has 0 aliphatic carbocycles. The van der Waals surface area contributed by atoms with E-state index >= 15 is 0 Å². The molecule has 3 N–H and O–H groups in total. The highest BCUT2D eigenvalue weighted by Gasteiger charge is 2.37. The van der Waals surface area contributed by atoms with Crippen LogP contribution in [0.15, 0.2) is 12.1 Å². The minimum Gasteiger partial charge on any atom is -0.493 e. The van der Waals surface area contributed by atoms with Crippen molar-refractivity contribution in [3.8, 4) is 11.5 Å². The third-order valence-corrected chi connectivity index (χ3v) is 3.58. The number of hydrogen-bond donors (Lipinski definition) is 2. The van der Waals surface area contributed by atoms with Gasteiger partial charge in [-0.25, -0.2) is 4.79 Å². The molecule has 0 bridgehead atoms. The lowest BCUT2D eigenvalue weighted by molar-refractivity contribution is -0.861. The van der Waals surface area contributed by atoms with Crippen LogP contribution in [0.3, 0.4) is 0 Å². The van der Waals surface area contributed by atoms with Crippen LogP contribution in [-0.4, -0.2) is 47.4 Å². The molecule has 0 saturated carbocycles. The van der Waals surface area contributed by atoms with Crippen molar-refractivity contribution in [3.05, 3.63) is 23.3 Å². The number of quaternary nitrogens is 2. The van der Waals surface area contributed by atoms with Gasteiger partial charge in [0.15, 0.2) is 11.5 Å². The summed E-state index contributed by atoms with van der Waals surface area (Å²) in [5.41, 5.74) is 1.34. The summed E-state index contributed by atoms with van der Waals surface area (Å²) >= 11 is 0. The van der Waals surface area contributed by atoms with Crippen LogP contribution in [0.4, 0.5) is 0 Å². The van der Waals surface area contributed by atoms with E-state index in [9.17, 15) is 4.79 Å². The zero-order valence-corrected chi connectivity index (χ0v) is 13.1. The van der Waals surface area contributed by atoms with Gasteiger partial charge in [-0.3, -0.25) is 0 Å². The molecule has 21 heavy (non-hydrogen) atoms. The van der Waals surface area contributed by atoms with Crippen molar-refractivity contribution >= 4 is 5.97 Å². The average molecular weight is 296 g/mol. The van der Waals surface area contributed by atoms with Crippen LogP contribution in [0.2, 0.25) is 0 Å². The Hall–Kier alpha value is -1.79. The predicted octanol–water partition coefficient (Wildman–Crippen LogP) is -1.03. The van der Waals surface area contributed by atoms with Gasteiger partial charge >= 0.3 is 5.97 Å². The van der Waals surface area contributed by atoms with Gasteiger partial charge in [0.1, 0.15) is 5.56 Å². The molecular weight excluding hydrogens is 272 g/mol. The second-order valence-corrected chi connectivity index (χ2v) is 5.43. The highest BCUT2D eigenvalue weighted by molar-refractivity contribution is 5.97. The van der Waals surface area contributed by atoms with Crippen molar-refractivity contribution in [1.29, 1.82) is 0 Å². The first-order valence-corrected chi connectivity index (χ1v) is 7.16. The Bertz CT molecular complexity index is 517. The number of benzene rings is 1. The predicted molar refractivity (Wildman–Crippen MR) is 76.8 cm³/mol. The molecule has 1 aromatic carbocycles. The van der Waals surface area contributed by atoms with Crippen LogP contribution in [0.5, 0.6) is 11.5 Å². The molecule has 1 aliphatic heterocycles. The van der Waals surface area contributed by atoms with E-state index < -0.39 is 0 Å². The highest BCUT2D eigenvalue weighted by Crippen LogP contribution is 2.39. The van der Waals surface area contributed by atoms with Crippen LogP contribution in [-0.2, 0) is 4.74 Å². The molecule has 6 nitrogen and oxygen atoms in total. The van der Waals surface area contributed by atoms with Crippen molar-refractivity contribution in [2.75, 3.05) is 41.4 Å². The summed E-state index contributed by atoms with van der Waals surface area (Å²) in [6.07, 6.45) is 0.781. The summed E-state index contributed by atoms with van der Waals surface area (Å²) in [4.78, 5) is 13.5. The lowest BCUT2D eigenvalue weighted by Gasteiger charge is -2.12. The Labute approximate surface area is 125 Å². The lowest BCUT2D eigenvalue weighted by atomic mass is 10.1. The summed E-state index contributed by atoms with van der Waals surface area (Å²) in [6, 6.07) is 3.68. The Morgan fingerprint density at radius 1 is 1.29 bits per heavy atom. The Balaban J connectivity index is 2.12. The summed E-state index contributed by atoms with van der Waals surface area (Å²) < 4.78 is 16.0. The molecule has 0 aromatic heterocycles. The van der Waals surface area contributed by atoms with Gasteiger partial charge in [0.05, 0.1) is 47.0 Å². The number of cyclic esters (lactones) is 1. The molecule has 2 rings (SSSR count). The van der Waals surface area contributed by atoms with Gasteiger partial charge in [-0.1, -0.05) is 0 Å².